The van der Waals surface area contributed by atoms with Crippen molar-refractivity contribution in [2.24, 2.45) is 0 Å². The zero-order chi connectivity index (χ0) is 6.97. The number of para-hydroxylation sites is 1. The summed E-state index contributed by atoms with van der Waals surface area (Å²) in [4.78, 5) is 0. The number of rotatable bonds is 0. The Hall–Kier alpha value is -0.635. The predicted molar refractivity (Wildman–Crippen MR) is 41.2 cm³/mol. The summed E-state index contributed by atoms with van der Waals surface area (Å²) in [5.41, 5.74) is 0. The van der Waals surface area contributed by atoms with E-state index in [0.717, 1.165) is 16.0 Å². The first-order valence-electron chi connectivity index (χ1n) is 2.81. The van der Waals surface area contributed by atoms with Gasteiger partial charge in [-0.05, 0) is 28.1 Å². The molecule has 2 nitrogen and oxygen atoms in total. The highest BCUT2D eigenvalue weighted by molar-refractivity contribution is 9.10. The Morgan fingerprint density at radius 1 is 1.30 bits per heavy atom. The van der Waals surface area contributed by atoms with Crippen LogP contribution in [0.2, 0.25) is 0 Å². The summed E-state index contributed by atoms with van der Waals surface area (Å²) in [5, 5.41) is 0. The van der Waals surface area contributed by atoms with Crippen molar-refractivity contribution in [3.05, 3.63) is 22.7 Å². The van der Waals surface area contributed by atoms with Gasteiger partial charge in [0.2, 0.25) is 0 Å². The molecule has 1 aliphatic heterocycles. The molecule has 0 saturated heterocycles. The molecule has 49 valence electrons. The lowest BCUT2D eigenvalue weighted by Crippen LogP contribution is -1.99. The molecular weight excluding hydrogens is 195 g/mol. The van der Waals surface area contributed by atoms with Crippen molar-refractivity contribution in [1.82, 2.24) is 0 Å². The maximum absolute atomic E-state index is 5.04. The summed E-state index contributed by atoms with van der Waals surface area (Å²) in [6.45, 7) is 0. The first-order valence-corrected chi connectivity index (χ1v) is 3.61. The van der Waals surface area contributed by atoms with E-state index < -0.39 is 0 Å². The van der Waals surface area contributed by atoms with Crippen molar-refractivity contribution in [2.45, 2.75) is 0 Å². The van der Waals surface area contributed by atoms with Gasteiger partial charge in [0.25, 0.3) is 0 Å². The molecular formula is C6H3BBrO2. The fourth-order valence-corrected chi connectivity index (χ4v) is 1.26. The second-order valence-electron chi connectivity index (χ2n) is 1.90. The van der Waals surface area contributed by atoms with Gasteiger partial charge in [-0.25, -0.2) is 0 Å². The van der Waals surface area contributed by atoms with Crippen molar-refractivity contribution in [3.63, 3.8) is 0 Å². The number of hydrogen-bond acceptors (Lipinski definition) is 2. The quantitative estimate of drug-likeness (QED) is 0.591. The van der Waals surface area contributed by atoms with Crippen LogP contribution in [0.15, 0.2) is 22.7 Å². The Kier molecular flexibility index (Phi) is 1.34. The van der Waals surface area contributed by atoms with E-state index in [1.54, 1.807) is 0 Å². The molecule has 1 radical (unpaired) electrons. The summed E-state index contributed by atoms with van der Waals surface area (Å²) >= 11 is 3.32. The van der Waals surface area contributed by atoms with E-state index in [-0.39, 0.29) is 0 Å². The van der Waals surface area contributed by atoms with Crippen LogP contribution in [0, 0.1) is 0 Å². The second kappa shape index (κ2) is 2.20. The predicted octanol–water partition coefficient (Wildman–Crippen LogP) is 1.75. The highest BCUT2D eigenvalue weighted by Crippen LogP contribution is 2.37. The van der Waals surface area contributed by atoms with Gasteiger partial charge in [-0.3, -0.25) is 0 Å². The van der Waals surface area contributed by atoms with Gasteiger partial charge < -0.3 is 9.31 Å². The minimum Gasteiger partial charge on any atom is -0.524 e. The van der Waals surface area contributed by atoms with Gasteiger partial charge in [0.05, 0.1) is 4.47 Å². The first-order chi connectivity index (χ1) is 4.88. The standard InChI is InChI=1S/C6H3BBrO2/c8-4-2-1-3-5-6(4)10-7-9-5/h1-3H. The molecule has 0 aromatic heterocycles. The van der Waals surface area contributed by atoms with Crippen LogP contribution in [-0.2, 0) is 0 Å². The molecule has 1 heterocycles. The van der Waals surface area contributed by atoms with Crippen molar-refractivity contribution in [2.75, 3.05) is 0 Å². The molecule has 0 amide bonds. The number of halogens is 1. The largest absolute Gasteiger partial charge is 0.658 e. The van der Waals surface area contributed by atoms with Crippen LogP contribution < -0.4 is 9.31 Å². The molecule has 4 heteroatoms. The van der Waals surface area contributed by atoms with Crippen molar-refractivity contribution < 1.29 is 9.31 Å². The van der Waals surface area contributed by atoms with Crippen LogP contribution in [0.5, 0.6) is 11.5 Å². The Labute approximate surface area is 67.6 Å². The van der Waals surface area contributed by atoms with Gasteiger partial charge in [-0.2, -0.15) is 0 Å². The fourth-order valence-electron chi connectivity index (χ4n) is 0.820. The Bertz CT molecular complexity index is 264. The zero-order valence-corrected chi connectivity index (χ0v) is 6.59. The van der Waals surface area contributed by atoms with Crippen LogP contribution >= 0.6 is 15.9 Å². The van der Waals surface area contributed by atoms with Crippen LogP contribution in [-0.4, -0.2) is 7.69 Å². The van der Waals surface area contributed by atoms with Gasteiger partial charge >= 0.3 is 7.69 Å². The van der Waals surface area contributed by atoms with Crippen LogP contribution in [0.1, 0.15) is 0 Å². The maximum atomic E-state index is 5.04. The third kappa shape index (κ3) is 0.796. The van der Waals surface area contributed by atoms with Crippen LogP contribution in [0.3, 0.4) is 0 Å². The average molecular weight is 198 g/mol. The second-order valence-corrected chi connectivity index (χ2v) is 2.75. The van der Waals surface area contributed by atoms with E-state index in [4.69, 9.17) is 9.31 Å². The molecule has 0 aliphatic carbocycles. The van der Waals surface area contributed by atoms with Crippen LogP contribution in [0.4, 0.5) is 0 Å². The molecule has 0 unspecified atom stereocenters. The highest BCUT2D eigenvalue weighted by atomic mass is 79.9. The van der Waals surface area contributed by atoms with E-state index in [9.17, 15) is 0 Å². The summed E-state index contributed by atoms with van der Waals surface area (Å²) in [7, 11) is 1.31. The molecule has 1 aliphatic rings. The van der Waals surface area contributed by atoms with Gasteiger partial charge in [0, 0.05) is 0 Å². The molecule has 0 bridgehead atoms. The molecule has 1 aromatic rings. The van der Waals surface area contributed by atoms with Gasteiger partial charge in [-0.1, -0.05) is 6.07 Å². The van der Waals surface area contributed by atoms with Gasteiger partial charge in [0.1, 0.15) is 5.75 Å². The Morgan fingerprint density at radius 3 is 3.00 bits per heavy atom. The van der Waals surface area contributed by atoms with E-state index in [2.05, 4.69) is 15.9 Å². The summed E-state index contributed by atoms with van der Waals surface area (Å²) in [6.07, 6.45) is 0. The lowest BCUT2D eigenvalue weighted by molar-refractivity contribution is 0.540. The number of hydrogen-bond donors (Lipinski definition) is 0. The van der Waals surface area contributed by atoms with Gasteiger partial charge in [-0.15, -0.1) is 0 Å². The zero-order valence-electron chi connectivity index (χ0n) is 5.00. The minimum atomic E-state index is 0.752. The minimum absolute atomic E-state index is 0.752. The molecule has 1 aromatic carbocycles. The lowest BCUT2D eigenvalue weighted by atomic mass is 10.3. The topological polar surface area (TPSA) is 18.5 Å². The van der Waals surface area contributed by atoms with E-state index in [1.807, 2.05) is 18.2 Å². The molecule has 0 spiro atoms. The first kappa shape index (κ1) is 6.10. The fraction of sp³-hybridized carbons (Fsp3) is 0. The van der Waals surface area contributed by atoms with Crippen molar-refractivity contribution in [3.8, 4) is 11.5 Å². The third-order valence-corrected chi connectivity index (χ3v) is 1.90. The maximum Gasteiger partial charge on any atom is 0.658 e. The Morgan fingerprint density at radius 2 is 2.20 bits per heavy atom. The molecule has 0 saturated carbocycles. The number of benzene rings is 1. The number of fused-ring (bicyclic) bond motifs is 1. The molecule has 0 atom stereocenters. The molecule has 2 rings (SSSR count). The molecule has 0 N–H and O–H groups in total. The monoisotopic (exact) mass is 197 g/mol. The smallest absolute Gasteiger partial charge is 0.524 e. The summed E-state index contributed by atoms with van der Waals surface area (Å²) < 4.78 is 11.0. The van der Waals surface area contributed by atoms with Crippen molar-refractivity contribution >= 4 is 23.6 Å². The molecule has 0 fully saturated rings. The van der Waals surface area contributed by atoms with Crippen molar-refractivity contribution in [1.29, 1.82) is 0 Å². The average Bonchev–Trinajstić information content (AvgIpc) is 2.36. The summed E-state index contributed by atoms with van der Waals surface area (Å²) in [5.74, 6) is 1.51. The normalized spacial score (nSPS) is 12.9. The summed E-state index contributed by atoms with van der Waals surface area (Å²) in [6, 6.07) is 5.65. The highest BCUT2D eigenvalue weighted by Gasteiger charge is 2.18. The SMILES string of the molecule is Brc1cccc2c1O[B]O2. The molecule has 10 heavy (non-hydrogen) atoms. The van der Waals surface area contributed by atoms with E-state index in [0.29, 0.717) is 0 Å². The van der Waals surface area contributed by atoms with E-state index in [1.165, 1.54) is 7.69 Å². The van der Waals surface area contributed by atoms with Crippen LogP contribution in [0.25, 0.3) is 0 Å². The Balaban J connectivity index is 2.59. The lowest BCUT2D eigenvalue weighted by Gasteiger charge is -1.97. The third-order valence-electron chi connectivity index (χ3n) is 1.27. The van der Waals surface area contributed by atoms with E-state index >= 15 is 0 Å². The van der Waals surface area contributed by atoms with Gasteiger partial charge in [0.15, 0.2) is 5.75 Å².